The van der Waals surface area contributed by atoms with Crippen LogP contribution in [0.2, 0.25) is 0 Å². The molecule has 1 atom stereocenters. The monoisotopic (exact) mass is 319 g/mol. The van der Waals surface area contributed by atoms with Crippen LogP contribution in [0.25, 0.3) is 6.08 Å². The van der Waals surface area contributed by atoms with E-state index in [0.717, 1.165) is 31.3 Å². The lowest BCUT2D eigenvalue weighted by Crippen LogP contribution is -2.32. The first-order valence-electron chi connectivity index (χ1n) is 7.02. The van der Waals surface area contributed by atoms with Gasteiger partial charge in [0.2, 0.25) is 5.95 Å². The van der Waals surface area contributed by atoms with Gasteiger partial charge < -0.3 is 9.80 Å². The van der Waals surface area contributed by atoms with Crippen LogP contribution >= 0.6 is 11.8 Å². The van der Waals surface area contributed by atoms with Crippen LogP contribution in [0.15, 0.2) is 17.2 Å². The molecule has 3 heterocycles. The Bertz CT molecular complexity index is 646. The van der Waals surface area contributed by atoms with E-state index in [4.69, 9.17) is 0 Å². The minimum Gasteiger partial charge on any atom is -0.339 e. The Morgan fingerprint density at radius 3 is 2.91 bits per heavy atom. The van der Waals surface area contributed by atoms with E-state index in [9.17, 15) is 9.59 Å². The molecule has 116 valence electrons. The smallest absolute Gasteiger partial charge is 0.290 e. The number of aromatic nitrogens is 2. The molecule has 2 aliphatic rings. The molecule has 0 bridgehead atoms. The zero-order chi connectivity index (χ0) is 15.7. The fourth-order valence-corrected chi connectivity index (χ4v) is 3.16. The normalized spacial score (nSPS) is 23.7. The number of amides is 2. The van der Waals surface area contributed by atoms with Crippen LogP contribution < -0.4 is 10.2 Å². The molecule has 1 aromatic rings. The second kappa shape index (κ2) is 6.05. The topological polar surface area (TPSA) is 78.4 Å². The van der Waals surface area contributed by atoms with E-state index < -0.39 is 0 Å². The van der Waals surface area contributed by atoms with Crippen LogP contribution in [0.1, 0.15) is 12.1 Å². The molecule has 1 N–H and O–H groups in total. The summed E-state index contributed by atoms with van der Waals surface area (Å²) in [6.45, 7) is 1.80. The van der Waals surface area contributed by atoms with E-state index in [1.54, 1.807) is 18.3 Å². The summed E-state index contributed by atoms with van der Waals surface area (Å²) in [4.78, 5) is 36.3. The Morgan fingerprint density at radius 1 is 1.45 bits per heavy atom. The first-order valence-corrected chi connectivity index (χ1v) is 7.84. The molecule has 22 heavy (non-hydrogen) atoms. The summed E-state index contributed by atoms with van der Waals surface area (Å²) in [6, 6.07) is 2.23. The number of likely N-dealkylation sites (N-methyl/N-ethyl adjacent to an activating group) is 1. The highest BCUT2D eigenvalue weighted by Gasteiger charge is 2.27. The van der Waals surface area contributed by atoms with E-state index in [-0.39, 0.29) is 11.1 Å². The molecule has 0 aliphatic carbocycles. The number of carbonyl (C=O) groups excluding carboxylic acids is 2. The molecule has 0 aromatic carbocycles. The molecule has 1 aromatic heterocycles. The summed E-state index contributed by atoms with van der Waals surface area (Å²) < 4.78 is 0. The molecular formula is C14H17N5O2S. The molecule has 3 rings (SSSR count). The van der Waals surface area contributed by atoms with E-state index in [2.05, 4.69) is 39.2 Å². The van der Waals surface area contributed by atoms with Crippen molar-refractivity contribution in [1.29, 1.82) is 0 Å². The van der Waals surface area contributed by atoms with Crippen molar-refractivity contribution in [2.24, 2.45) is 0 Å². The number of rotatable bonds is 3. The summed E-state index contributed by atoms with van der Waals surface area (Å²) in [5.74, 6) is 0.289. The maximum Gasteiger partial charge on any atom is 0.290 e. The first kappa shape index (κ1) is 15.0. The standard InChI is InChI=1S/C14H17N5O2S/c1-18(2)10-4-6-19(8-10)13-15-5-3-9(16-13)7-11-12(20)17-14(21)22-11/h3,5,7,10H,4,6,8H2,1-2H3,(H,17,20,21). The Balaban J connectivity index is 1.78. The van der Waals surface area contributed by atoms with E-state index in [1.807, 2.05) is 0 Å². The molecule has 7 nitrogen and oxygen atoms in total. The summed E-state index contributed by atoms with van der Waals surface area (Å²) in [5.41, 5.74) is 0.630. The minimum atomic E-state index is -0.371. The Hall–Kier alpha value is -1.93. The van der Waals surface area contributed by atoms with E-state index >= 15 is 0 Å². The van der Waals surface area contributed by atoms with Crippen molar-refractivity contribution in [3.63, 3.8) is 0 Å². The van der Waals surface area contributed by atoms with Crippen molar-refractivity contribution < 1.29 is 9.59 Å². The summed E-state index contributed by atoms with van der Waals surface area (Å²) in [6.07, 6.45) is 4.38. The molecule has 1 unspecified atom stereocenters. The number of thioether (sulfide) groups is 1. The second-order valence-electron chi connectivity index (χ2n) is 5.49. The number of carbonyl (C=O) groups is 2. The maximum atomic E-state index is 11.6. The van der Waals surface area contributed by atoms with Gasteiger partial charge in [-0.25, -0.2) is 9.97 Å². The number of anilines is 1. The highest BCUT2D eigenvalue weighted by atomic mass is 32.2. The molecule has 2 aliphatic heterocycles. The van der Waals surface area contributed by atoms with Crippen LogP contribution in [0.3, 0.4) is 0 Å². The summed E-state index contributed by atoms with van der Waals surface area (Å²) >= 11 is 0.892. The summed E-state index contributed by atoms with van der Waals surface area (Å²) in [7, 11) is 4.14. The van der Waals surface area contributed by atoms with Gasteiger partial charge in [-0.05, 0) is 44.4 Å². The number of hydrogen-bond acceptors (Lipinski definition) is 7. The highest BCUT2D eigenvalue weighted by molar-refractivity contribution is 8.18. The molecule has 2 saturated heterocycles. The molecule has 0 saturated carbocycles. The van der Waals surface area contributed by atoms with Gasteiger partial charge >= 0.3 is 0 Å². The lowest BCUT2D eigenvalue weighted by Gasteiger charge is -2.20. The summed E-state index contributed by atoms with van der Waals surface area (Å²) in [5, 5.41) is 1.88. The van der Waals surface area contributed by atoms with Gasteiger partial charge in [0.05, 0.1) is 10.6 Å². The van der Waals surface area contributed by atoms with Crippen LogP contribution in [0.4, 0.5) is 10.7 Å². The lowest BCUT2D eigenvalue weighted by molar-refractivity contribution is -0.115. The quantitative estimate of drug-likeness (QED) is 0.831. The third kappa shape index (κ3) is 3.12. The van der Waals surface area contributed by atoms with Gasteiger partial charge in [-0.2, -0.15) is 0 Å². The van der Waals surface area contributed by atoms with Gasteiger partial charge in [-0.1, -0.05) is 0 Å². The highest BCUT2D eigenvalue weighted by Crippen LogP contribution is 2.25. The predicted molar refractivity (Wildman–Crippen MR) is 85.4 cm³/mol. The Kier molecular flexibility index (Phi) is 4.12. The molecule has 2 fully saturated rings. The number of nitrogens with zero attached hydrogens (tertiary/aromatic N) is 4. The predicted octanol–water partition coefficient (Wildman–Crippen LogP) is 0.941. The average Bonchev–Trinajstić information content (AvgIpc) is 3.07. The maximum absolute atomic E-state index is 11.6. The van der Waals surface area contributed by atoms with Crippen molar-refractivity contribution in [3.8, 4) is 0 Å². The fraction of sp³-hybridized carbons (Fsp3) is 0.429. The SMILES string of the molecule is CN(C)C1CCN(c2nccc(C=C3SC(=O)NC3=O)n2)C1. The van der Waals surface area contributed by atoms with Crippen LogP contribution in [-0.4, -0.2) is 59.2 Å². The van der Waals surface area contributed by atoms with Crippen molar-refractivity contribution >= 4 is 34.9 Å². The largest absolute Gasteiger partial charge is 0.339 e. The first-order chi connectivity index (χ1) is 10.5. The zero-order valence-corrected chi connectivity index (χ0v) is 13.3. The second-order valence-corrected chi connectivity index (χ2v) is 6.50. The number of hydrogen-bond donors (Lipinski definition) is 1. The fourth-order valence-electron chi connectivity index (χ4n) is 2.49. The minimum absolute atomic E-state index is 0.348. The molecule has 0 radical (unpaired) electrons. The van der Waals surface area contributed by atoms with E-state index in [0.29, 0.717) is 22.6 Å². The van der Waals surface area contributed by atoms with Crippen LogP contribution in [0, 0.1) is 0 Å². The van der Waals surface area contributed by atoms with Crippen molar-refractivity contribution in [3.05, 3.63) is 22.9 Å². The zero-order valence-electron chi connectivity index (χ0n) is 12.4. The van der Waals surface area contributed by atoms with Gasteiger partial charge in [0.15, 0.2) is 0 Å². The molecular weight excluding hydrogens is 302 g/mol. The van der Waals surface area contributed by atoms with Gasteiger partial charge in [0.25, 0.3) is 11.1 Å². The molecule has 0 spiro atoms. The lowest BCUT2D eigenvalue weighted by atomic mass is 10.2. The van der Waals surface area contributed by atoms with Crippen molar-refractivity contribution in [2.45, 2.75) is 12.5 Å². The van der Waals surface area contributed by atoms with Crippen molar-refractivity contribution in [2.75, 3.05) is 32.1 Å². The van der Waals surface area contributed by atoms with Gasteiger partial charge in [0, 0.05) is 25.3 Å². The Labute approximate surface area is 132 Å². The average molecular weight is 319 g/mol. The van der Waals surface area contributed by atoms with Crippen molar-refractivity contribution in [1.82, 2.24) is 20.2 Å². The molecule has 2 amide bonds. The van der Waals surface area contributed by atoms with Gasteiger partial charge in [0.1, 0.15) is 0 Å². The number of nitrogens with one attached hydrogen (secondary N) is 1. The third-order valence-electron chi connectivity index (χ3n) is 3.76. The molecule has 8 heteroatoms. The third-order valence-corrected chi connectivity index (χ3v) is 4.57. The van der Waals surface area contributed by atoms with Crippen LogP contribution in [0.5, 0.6) is 0 Å². The van der Waals surface area contributed by atoms with E-state index in [1.165, 1.54) is 0 Å². The van der Waals surface area contributed by atoms with Gasteiger partial charge in [-0.3, -0.25) is 14.9 Å². The Morgan fingerprint density at radius 2 is 2.27 bits per heavy atom. The van der Waals surface area contributed by atoms with Crippen LogP contribution in [-0.2, 0) is 4.79 Å². The van der Waals surface area contributed by atoms with Gasteiger partial charge in [-0.15, -0.1) is 0 Å². The number of imide groups is 1.